The van der Waals surface area contributed by atoms with Crippen molar-refractivity contribution in [3.8, 4) is 0 Å². The first-order valence-corrected chi connectivity index (χ1v) is 6.99. The Morgan fingerprint density at radius 3 is 3.09 bits per heavy atom. The van der Waals surface area contributed by atoms with Crippen molar-refractivity contribution >= 4 is 28.5 Å². The number of amides is 1. The molecule has 1 amide bonds. The van der Waals surface area contributed by atoms with Crippen molar-refractivity contribution in [3.05, 3.63) is 30.2 Å². The molecule has 0 bridgehead atoms. The van der Waals surface area contributed by atoms with Crippen LogP contribution in [0.3, 0.4) is 0 Å². The van der Waals surface area contributed by atoms with E-state index in [1.54, 1.807) is 18.5 Å². The highest BCUT2D eigenvalue weighted by atomic mass is 16.5. The van der Waals surface area contributed by atoms with E-state index in [4.69, 9.17) is 4.74 Å². The Morgan fingerprint density at radius 2 is 2.32 bits per heavy atom. The van der Waals surface area contributed by atoms with Gasteiger partial charge in [0.1, 0.15) is 11.9 Å². The number of hydrogen-bond donors (Lipinski definition) is 1. The fraction of sp³-hybridized carbons (Fsp3) is 0.333. The van der Waals surface area contributed by atoms with Crippen LogP contribution in [-0.4, -0.2) is 48.1 Å². The van der Waals surface area contributed by atoms with Crippen molar-refractivity contribution in [1.29, 1.82) is 0 Å². The second-order valence-corrected chi connectivity index (χ2v) is 5.08. The standard InChI is InChI=1S/C15H16N4O3/c1-9-14(20)17-5-6-19(9)13-11-8-16-4-3-10(11)7-12(18-13)15(21)22-2/h3-4,7-9H,5-6H2,1-2H3,(H,17,20). The van der Waals surface area contributed by atoms with Crippen molar-refractivity contribution < 1.29 is 14.3 Å². The number of rotatable bonds is 2. The van der Waals surface area contributed by atoms with Crippen LogP contribution >= 0.6 is 0 Å². The number of anilines is 1. The summed E-state index contributed by atoms with van der Waals surface area (Å²) < 4.78 is 4.76. The van der Waals surface area contributed by atoms with E-state index in [1.165, 1.54) is 7.11 Å². The summed E-state index contributed by atoms with van der Waals surface area (Å²) in [5.74, 6) is 0.0102. The number of fused-ring (bicyclic) bond motifs is 1. The molecule has 1 atom stereocenters. The van der Waals surface area contributed by atoms with Gasteiger partial charge in [0.2, 0.25) is 5.91 Å². The number of ether oxygens (including phenoxy) is 1. The fourth-order valence-electron chi connectivity index (χ4n) is 2.57. The first-order valence-electron chi connectivity index (χ1n) is 6.99. The molecular formula is C15H16N4O3. The number of hydrogen-bond acceptors (Lipinski definition) is 6. The summed E-state index contributed by atoms with van der Waals surface area (Å²) in [7, 11) is 1.32. The topological polar surface area (TPSA) is 84.4 Å². The molecule has 0 aromatic carbocycles. The number of pyridine rings is 2. The Labute approximate surface area is 127 Å². The van der Waals surface area contributed by atoms with E-state index >= 15 is 0 Å². The first-order chi connectivity index (χ1) is 10.6. The van der Waals surface area contributed by atoms with E-state index in [0.29, 0.717) is 18.9 Å². The number of nitrogens with zero attached hydrogens (tertiary/aromatic N) is 3. The molecule has 7 nitrogen and oxygen atoms in total. The van der Waals surface area contributed by atoms with Crippen molar-refractivity contribution in [2.24, 2.45) is 0 Å². The summed E-state index contributed by atoms with van der Waals surface area (Å²) in [6.07, 6.45) is 3.34. The van der Waals surface area contributed by atoms with Gasteiger partial charge in [-0.3, -0.25) is 9.78 Å². The van der Waals surface area contributed by atoms with Crippen LogP contribution in [0.1, 0.15) is 17.4 Å². The smallest absolute Gasteiger partial charge is 0.356 e. The highest BCUT2D eigenvalue weighted by Crippen LogP contribution is 2.27. The molecule has 1 aliphatic heterocycles. The van der Waals surface area contributed by atoms with Gasteiger partial charge in [-0.05, 0) is 24.4 Å². The van der Waals surface area contributed by atoms with Gasteiger partial charge in [0.25, 0.3) is 0 Å². The molecule has 0 aliphatic carbocycles. The quantitative estimate of drug-likeness (QED) is 0.824. The summed E-state index contributed by atoms with van der Waals surface area (Å²) in [5.41, 5.74) is 0.217. The van der Waals surface area contributed by atoms with Crippen molar-refractivity contribution in [1.82, 2.24) is 15.3 Å². The van der Waals surface area contributed by atoms with Gasteiger partial charge < -0.3 is 15.0 Å². The minimum Gasteiger partial charge on any atom is -0.464 e. The molecule has 0 radical (unpaired) electrons. The molecule has 3 heterocycles. The van der Waals surface area contributed by atoms with Crippen LogP contribution in [0.5, 0.6) is 0 Å². The highest BCUT2D eigenvalue weighted by Gasteiger charge is 2.28. The summed E-state index contributed by atoms with van der Waals surface area (Å²) in [6.45, 7) is 2.97. The Bertz CT molecular complexity index is 747. The normalized spacial score (nSPS) is 18.2. The summed E-state index contributed by atoms with van der Waals surface area (Å²) in [6, 6.07) is 3.11. The Hall–Kier alpha value is -2.70. The molecule has 1 saturated heterocycles. The summed E-state index contributed by atoms with van der Waals surface area (Å²) >= 11 is 0. The van der Waals surface area contributed by atoms with Crippen LogP contribution in [0.4, 0.5) is 5.82 Å². The predicted octanol–water partition coefficient (Wildman–Crippen LogP) is 0.741. The van der Waals surface area contributed by atoms with Crippen molar-refractivity contribution in [2.75, 3.05) is 25.1 Å². The Balaban J connectivity index is 2.18. The van der Waals surface area contributed by atoms with Gasteiger partial charge in [0, 0.05) is 30.9 Å². The van der Waals surface area contributed by atoms with Crippen LogP contribution in [0, 0.1) is 0 Å². The lowest BCUT2D eigenvalue weighted by Gasteiger charge is -2.34. The molecule has 22 heavy (non-hydrogen) atoms. The molecule has 1 fully saturated rings. The molecule has 114 valence electrons. The third kappa shape index (κ3) is 2.34. The predicted molar refractivity (Wildman–Crippen MR) is 80.7 cm³/mol. The van der Waals surface area contributed by atoms with Crippen LogP contribution < -0.4 is 10.2 Å². The van der Waals surface area contributed by atoms with Gasteiger partial charge in [-0.15, -0.1) is 0 Å². The lowest BCUT2D eigenvalue weighted by Crippen LogP contribution is -2.54. The Morgan fingerprint density at radius 1 is 1.50 bits per heavy atom. The minimum atomic E-state index is -0.505. The van der Waals surface area contributed by atoms with Gasteiger partial charge in [-0.1, -0.05) is 0 Å². The van der Waals surface area contributed by atoms with Crippen LogP contribution in [-0.2, 0) is 9.53 Å². The van der Waals surface area contributed by atoms with E-state index in [2.05, 4.69) is 15.3 Å². The number of methoxy groups -OCH3 is 1. The second kappa shape index (κ2) is 5.59. The monoisotopic (exact) mass is 300 g/mol. The number of carbonyl (C=O) groups excluding carboxylic acids is 2. The largest absolute Gasteiger partial charge is 0.464 e. The van der Waals surface area contributed by atoms with Gasteiger partial charge in [0.15, 0.2) is 5.69 Å². The number of aromatic nitrogens is 2. The van der Waals surface area contributed by atoms with Gasteiger partial charge >= 0.3 is 5.97 Å². The molecule has 1 unspecified atom stereocenters. The van der Waals surface area contributed by atoms with E-state index in [0.717, 1.165) is 10.8 Å². The third-order valence-corrected chi connectivity index (χ3v) is 3.78. The van der Waals surface area contributed by atoms with Gasteiger partial charge in [-0.2, -0.15) is 0 Å². The van der Waals surface area contributed by atoms with Crippen LogP contribution in [0.25, 0.3) is 10.8 Å². The number of esters is 1. The highest BCUT2D eigenvalue weighted by molar-refractivity contribution is 5.99. The first kappa shape index (κ1) is 14.2. The number of carbonyl (C=O) groups is 2. The Kier molecular flexibility index (Phi) is 3.62. The zero-order valence-corrected chi connectivity index (χ0v) is 12.4. The maximum Gasteiger partial charge on any atom is 0.356 e. The lowest BCUT2D eigenvalue weighted by atomic mass is 10.1. The van der Waals surface area contributed by atoms with E-state index in [9.17, 15) is 9.59 Å². The van der Waals surface area contributed by atoms with Crippen molar-refractivity contribution in [2.45, 2.75) is 13.0 Å². The number of piperazine rings is 1. The van der Waals surface area contributed by atoms with Gasteiger partial charge in [-0.25, -0.2) is 9.78 Å². The molecule has 0 spiro atoms. The molecular weight excluding hydrogens is 284 g/mol. The molecule has 1 N–H and O–H groups in total. The average Bonchev–Trinajstić information content (AvgIpc) is 2.55. The molecule has 2 aromatic rings. The number of nitrogens with one attached hydrogen (secondary N) is 1. The SMILES string of the molecule is COC(=O)c1cc2ccncc2c(N2CCNC(=O)C2C)n1. The molecule has 1 aliphatic rings. The maximum absolute atomic E-state index is 11.9. The maximum atomic E-state index is 11.9. The van der Waals surface area contributed by atoms with Crippen LogP contribution in [0.2, 0.25) is 0 Å². The second-order valence-electron chi connectivity index (χ2n) is 5.08. The van der Waals surface area contributed by atoms with Crippen molar-refractivity contribution in [3.63, 3.8) is 0 Å². The van der Waals surface area contributed by atoms with E-state index in [1.807, 2.05) is 17.9 Å². The molecule has 2 aromatic heterocycles. The zero-order valence-electron chi connectivity index (χ0n) is 12.4. The zero-order chi connectivity index (χ0) is 15.7. The molecule has 7 heteroatoms. The lowest BCUT2D eigenvalue weighted by molar-refractivity contribution is -0.122. The summed E-state index contributed by atoms with van der Waals surface area (Å²) in [5, 5.41) is 4.45. The fourth-order valence-corrected chi connectivity index (χ4v) is 2.57. The minimum absolute atomic E-state index is 0.0615. The van der Waals surface area contributed by atoms with Gasteiger partial charge in [0.05, 0.1) is 7.11 Å². The van der Waals surface area contributed by atoms with E-state index < -0.39 is 5.97 Å². The summed E-state index contributed by atoms with van der Waals surface area (Å²) in [4.78, 5) is 34.2. The molecule has 3 rings (SSSR count). The molecule has 0 saturated carbocycles. The third-order valence-electron chi connectivity index (χ3n) is 3.78. The van der Waals surface area contributed by atoms with Crippen LogP contribution in [0.15, 0.2) is 24.5 Å². The van der Waals surface area contributed by atoms with E-state index in [-0.39, 0.29) is 17.6 Å². The average molecular weight is 300 g/mol.